The number of aryl methyl sites for hydroxylation is 1. The fraction of sp³-hybridized carbons (Fsp3) is 0.385. The van der Waals surface area contributed by atoms with Gasteiger partial charge in [-0.1, -0.05) is 12.1 Å². The Morgan fingerprint density at radius 2 is 2.17 bits per heavy atom. The van der Waals surface area contributed by atoms with Crippen molar-refractivity contribution in [3.05, 3.63) is 34.9 Å². The number of rotatable bonds is 4. The summed E-state index contributed by atoms with van der Waals surface area (Å²) in [5, 5.41) is 28.4. The third kappa shape index (κ3) is 3.29. The van der Waals surface area contributed by atoms with Crippen LogP contribution in [0.25, 0.3) is 0 Å². The van der Waals surface area contributed by atoms with Crippen LogP contribution in [0.3, 0.4) is 0 Å². The zero-order valence-electron chi connectivity index (χ0n) is 10.3. The predicted octanol–water partition coefficient (Wildman–Crippen LogP) is 0.824. The summed E-state index contributed by atoms with van der Waals surface area (Å²) < 4.78 is 4.41. The van der Waals surface area contributed by atoms with E-state index in [-0.39, 0.29) is 6.42 Å². The number of nitrogens with zero attached hydrogens (tertiary/aromatic N) is 1. The molecule has 0 heterocycles. The minimum atomic E-state index is -1.26. The Morgan fingerprint density at radius 3 is 2.72 bits per heavy atom. The van der Waals surface area contributed by atoms with Gasteiger partial charge in [-0.2, -0.15) is 5.26 Å². The van der Waals surface area contributed by atoms with Crippen LogP contribution in [-0.2, 0) is 9.53 Å². The molecule has 96 valence electrons. The second-order valence-corrected chi connectivity index (χ2v) is 3.98. The van der Waals surface area contributed by atoms with E-state index in [0.717, 1.165) is 5.56 Å². The third-order valence-corrected chi connectivity index (χ3v) is 2.69. The molecule has 2 N–H and O–H groups in total. The van der Waals surface area contributed by atoms with Crippen LogP contribution in [0.5, 0.6) is 0 Å². The van der Waals surface area contributed by atoms with Crippen molar-refractivity contribution in [3.63, 3.8) is 0 Å². The van der Waals surface area contributed by atoms with E-state index in [1.165, 1.54) is 13.2 Å². The number of methoxy groups -OCH3 is 1. The number of nitriles is 1. The van der Waals surface area contributed by atoms with Gasteiger partial charge in [0.15, 0.2) is 0 Å². The van der Waals surface area contributed by atoms with Crippen molar-refractivity contribution in [2.45, 2.75) is 25.6 Å². The Hall–Kier alpha value is -1.90. The summed E-state index contributed by atoms with van der Waals surface area (Å²) in [6.45, 7) is 1.78. The van der Waals surface area contributed by atoms with E-state index in [9.17, 15) is 15.0 Å². The van der Waals surface area contributed by atoms with E-state index in [2.05, 4.69) is 4.74 Å². The van der Waals surface area contributed by atoms with Crippen LogP contribution in [0, 0.1) is 18.3 Å². The quantitative estimate of drug-likeness (QED) is 0.771. The predicted molar refractivity (Wildman–Crippen MR) is 63.5 cm³/mol. The highest BCUT2D eigenvalue weighted by Crippen LogP contribution is 2.21. The van der Waals surface area contributed by atoms with Gasteiger partial charge in [-0.15, -0.1) is 0 Å². The molecule has 0 spiro atoms. The maximum Gasteiger partial charge on any atom is 0.308 e. The Kier molecular flexibility index (Phi) is 4.84. The zero-order valence-corrected chi connectivity index (χ0v) is 10.3. The van der Waals surface area contributed by atoms with E-state index in [4.69, 9.17) is 5.26 Å². The first-order valence-corrected chi connectivity index (χ1v) is 5.43. The number of hydrogen-bond donors (Lipinski definition) is 2. The summed E-state index contributed by atoms with van der Waals surface area (Å²) in [6, 6.07) is 6.79. The normalized spacial score (nSPS) is 13.5. The molecule has 0 aliphatic rings. The minimum Gasteiger partial charge on any atom is -0.469 e. The van der Waals surface area contributed by atoms with Crippen LogP contribution in [-0.4, -0.2) is 29.4 Å². The summed E-state index contributed by atoms with van der Waals surface area (Å²) in [6.07, 6.45) is -2.78. The molecule has 2 atom stereocenters. The van der Waals surface area contributed by atoms with Gasteiger partial charge >= 0.3 is 5.97 Å². The Balaban J connectivity index is 2.87. The lowest BCUT2D eigenvalue weighted by molar-refractivity contribution is -0.144. The fourth-order valence-electron chi connectivity index (χ4n) is 1.53. The number of esters is 1. The lowest BCUT2D eigenvalue weighted by Gasteiger charge is -2.17. The molecular formula is C13H15NO4. The van der Waals surface area contributed by atoms with E-state index < -0.39 is 18.2 Å². The van der Waals surface area contributed by atoms with Crippen LogP contribution in [0.2, 0.25) is 0 Å². The van der Waals surface area contributed by atoms with Crippen LogP contribution in [0.1, 0.15) is 29.2 Å². The maximum absolute atomic E-state index is 11.0. The molecule has 18 heavy (non-hydrogen) atoms. The molecule has 5 heteroatoms. The minimum absolute atomic E-state index is 0.298. The van der Waals surface area contributed by atoms with Gasteiger partial charge in [0.05, 0.1) is 31.3 Å². The number of benzene rings is 1. The van der Waals surface area contributed by atoms with E-state index in [1.807, 2.05) is 6.07 Å². The number of carbonyl (C=O) groups excluding carboxylic acids is 1. The standard InChI is InChI=1S/C13H15NO4/c1-8-3-4-9(5-10(8)7-14)13(17)11(15)6-12(16)18-2/h3-5,11,13,15,17H,6H2,1-2H3. The second kappa shape index (κ2) is 6.15. The molecular weight excluding hydrogens is 234 g/mol. The fourth-order valence-corrected chi connectivity index (χ4v) is 1.53. The highest BCUT2D eigenvalue weighted by atomic mass is 16.5. The third-order valence-electron chi connectivity index (χ3n) is 2.69. The molecule has 0 saturated heterocycles. The smallest absolute Gasteiger partial charge is 0.308 e. The summed E-state index contributed by atoms with van der Waals surface area (Å²) in [4.78, 5) is 11.0. The van der Waals surface area contributed by atoms with Crippen molar-refractivity contribution in [2.24, 2.45) is 0 Å². The molecule has 0 radical (unpaired) electrons. The highest BCUT2D eigenvalue weighted by molar-refractivity contribution is 5.69. The number of carbonyl (C=O) groups is 1. The van der Waals surface area contributed by atoms with Gasteiger partial charge in [0, 0.05) is 0 Å². The topological polar surface area (TPSA) is 90.6 Å². The van der Waals surface area contributed by atoms with Crippen molar-refractivity contribution in [1.29, 1.82) is 5.26 Å². The first kappa shape index (κ1) is 14.2. The van der Waals surface area contributed by atoms with Crippen LogP contribution in [0.15, 0.2) is 18.2 Å². The van der Waals surface area contributed by atoms with E-state index >= 15 is 0 Å². The molecule has 5 nitrogen and oxygen atoms in total. The molecule has 0 fully saturated rings. The van der Waals surface area contributed by atoms with Gasteiger partial charge in [0.2, 0.25) is 0 Å². The lowest BCUT2D eigenvalue weighted by Crippen LogP contribution is -2.22. The molecule has 1 aromatic carbocycles. The van der Waals surface area contributed by atoms with Crippen molar-refractivity contribution in [1.82, 2.24) is 0 Å². The lowest BCUT2D eigenvalue weighted by atomic mass is 9.98. The maximum atomic E-state index is 11.0. The average Bonchev–Trinajstić information content (AvgIpc) is 2.38. The van der Waals surface area contributed by atoms with Crippen molar-refractivity contribution < 1.29 is 19.7 Å². The largest absolute Gasteiger partial charge is 0.469 e. The Bertz CT molecular complexity index is 478. The van der Waals surface area contributed by atoms with Crippen molar-refractivity contribution >= 4 is 5.97 Å². The average molecular weight is 249 g/mol. The van der Waals surface area contributed by atoms with Gasteiger partial charge in [-0.3, -0.25) is 4.79 Å². The molecule has 1 rings (SSSR count). The van der Waals surface area contributed by atoms with Crippen molar-refractivity contribution in [2.75, 3.05) is 7.11 Å². The van der Waals surface area contributed by atoms with E-state index in [1.54, 1.807) is 19.1 Å². The molecule has 0 aliphatic heterocycles. The van der Waals surface area contributed by atoms with Gasteiger partial charge in [-0.05, 0) is 24.1 Å². The van der Waals surface area contributed by atoms with Gasteiger partial charge in [-0.25, -0.2) is 0 Å². The van der Waals surface area contributed by atoms with Gasteiger partial charge in [0.25, 0.3) is 0 Å². The SMILES string of the molecule is COC(=O)CC(O)C(O)c1ccc(C)c(C#N)c1. The number of aliphatic hydroxyl groups is 2. The zero-order chi connectivity index (χ0) is 13.7. The molecule has 0 aromatic heterocycles. The summed E-state index contributed by atoms with van der Waals surface area (Å²) in [5.41, 5.74) is 1.61. The van der Waals surface area contributed by atoms with Crippen LogP contribution < -0.4 is 0 Å². The highest BCUT2D eigenvalue weighted by Gasteiger charge is 2.22. The van der Waals surface area contributed by atoms with Crippen LogP contribution in [0.4, 0.5) is 0 Å². The number of ether oxygens (including phenoxy) is 1. The summed E-state index contributed by atoms with van der Waals surface area (Å²) in [7, 11) is 1.21. The first-order chi connectivity index (χ1) is 8.49. The monoisotopic (exact) mass is 249 g/mol. The summed E-state index contributed by atoms with van der Waals surface area (Å²) >= 11 is 0. The Labute approximate surface area is 105 Å². The van der Waals surface area contributed by atoms with Gasteiger partial charge in [0.1, 0.15) is 6.10 Å². The molecule has 0 saturated carbocycles. The molecule has 2 unspecified atom stereocenters. The second-order valence-electron chi connectivity index (χ2n) is 3.98. The first-order valence-electron chi connectivity index (χ1n) is 5.43. The van der Waals surface area contributed by atoms with Crippen LogP contribution >= 0.6 is 0 Å². The molecule has 0 aliphatic carbocycles. The Morgan fingerprint density at radius 1 is 1.50 bits per heavy atom. The molecule has 1 aromatic rings. The molecule has 0 amide bonds. The number of aliphatic hydroxyl groups excluding tert-OH is 2. The summed E-state index contributed by atoms with van der Waals surface area (Å²) in [5.74, 6) is -0.603. The molecule has 0 bridgehead atoms. The van der Waals surface area contributed by atoms with E-state index in [0.29, 0.717) is 11.1 Å². The van der Waals surface area contributed by atoms with Gasteiger partial charge < -0.3 is 14.9 Å². The number of hydrogen-bond acceptors (Lipinski definition) is 5. The van der Waals surface area contributed by atoms with Crippen molar-refractivity contribution in [3.8, 4) is 6.07 Å².